The van der Waals surface area contributed by atoms with Gasteiger partial charge in [0.15, 0.2) is 0 Å². The Hall–Kier alpha value is -1.06. The molecule has 0 radical (unpaired) electrons. The van der Waals surface area contributed by atoms with Crippen LogP contribution in [0.4, 0.5) is 5.69 Å². The first kappa shape index (κ1) is 14.9. The maximum absolute atomic E-state index is 12.0. The molecule has 2 N–H and O–H groups in total. The van der Waals surface area contributed by atoms with Crippen molar-refractivity contribution in [1.29, 1.82) is 0 Å². The average molecular weight is 308 g/mol. The van der Waals surface area contributed by atoms with Crippen LogP contribution in [0.2, 0.25) is 5.02 Å². The van der Waals surface area contributed by atoms with Crippen molar-refractivity contribution in [2.75, 3.05) is 5.32 Å². The fourth-order valence-corrected chi connectivity index (χ4v) is 3.99. The maximum atomic E-state index is 12.0. The van der Waals surface area contributed by atoms with Crippen LogP contribution in [0.5, 0.6) is 0 Å². The van der Waals surface area contributed by atoms with Gasteiger partial charge in [0.2, 0.25) is 5.91 Å². The van der Waals surface area contributed by atoms with Gasteiger partial charge in [0, 0.05) is 0 Å². The summed E-state index contributed by atoms with van der Waals surface area (Å²) in [5.74, 6) is 0.188. The topological polar surface area (TPSA) is 49.3 Å². The molecule has 21 heavy (non-hydrogen) atoms. The number of aliphatic hydroxyl groups excluding tert-OH is 1. The molecule has 2 atom stereocenters. The van der Waals surface area contributed by atoms with Crippen LogP contribution in [0, 0.1) is 5.92 Å². The van der Waals surface area contributed by atoms with Gasteiger partial charge in [-0.2, -0.15) is 0 Å². The van der Waals surface area contributed by atoms with Gasteiger partial charge < -0.3 is 10.4 Å². The summed E-state index contributed by atoms with van der Waals surface area (Å²) in [6.45, 7) is 2.00. The zero-order valence-electron chi connectivity index (χ0n) is 12.4. The monoisotopic (exact) mass is 307 g/mol. The van der Waals surface area contributed by atoms with Gasteiger partial charge in [0.05, 0.1) is 22.7 Å². The van der Waals surface area contributed by atoms with Crippen molar-refractivity contribution in [3.05, 3.63) is 28.3 Å². The zero-order valence-corrected chi connectivity index (χ0v) is 13.1. The van der Waals surface area contributed by atoms with Crippen molar-refractivity contribution in [2.45, 2.75) is 57.5 Å². The van der Waals surface area contributed by atoms with E-state index in [-0.39, 0.29) is 11.8 Å². The van der Waals surface area contributed by atoms with Crippen LogP contribution in [0.15, 0.2) is 12.1 Å². The number of amides is 1. The molecule has 4 heteroatoms. The summed E-state index contributed by atoms with van der Waals surface area (Å²) in [6, 6.07) is 3.80. The van der Waals surface area contributed by atoms with E-state index >= 15 is 0 Å². The standard InChI is InChI=1S/C17H22ClNO2/c1-2-12-13-8-11(9-14(18)15(13)19-17(12)21)16(20)10-6-4-3-5-7-10/h8-10,12,16,20H,2-7H2,1H3,(H,19,21). The Bertz CT molecular complexity index is 552. The fraction of sp³-hybridized carbons (Fsp3) is 0.588. The van der Waals surface area contributed by atoms with Gasteiger partial charge in [-0.1, -0.05) is 43.9 Å². The fourth-order valence-electron chi connectivity index (χ4n) is 3.71. The number of nitrogens with one attached hydrogen (secondary N) is 1. The first-order chi connectivity index (χ1) is 10.1. The van der Waals surface area contributed by atoms with E-state index in [4.69, 9.17) is 11.6 Å². The van der Waals surface area contributed by atoms with E-state index in [0.717, 1.165) is 36.1 Å². The van der Waals surface area contributed by atoms with Gasteiger partial charge in [0.25, 0.3) is 0 Å². The molecule has 2 aliphatic rings. The second-order valence-corrected chi connectivity index (χ2v) is 6.67. The summed E-state index contributed by atoms with van der Waals surface area (Å²) in [7, 11) is 0. The average Bonchev–Trinajstić information content (AvgIpc) is 2.83. The summed E-state index contributed by atoms with van der Waals surface area (Å²) in [5, 5.41) is 14.1. The van der Waals surface area contributed by atoms with E-state index in [1.54, 1.807) is 0 Å². The third-order valence-corrected chi connectivity index (χ3v) is 5.23. The van der Waals surface area contributed by atoms with Crippen LogP contribution >= 0.6 is 11.6 Å². The Balaban J connectivity index is 1.92. The molecule has 1 aliphatic carbocycles. The highest BCUT2D eigenvalue weighted by Crippen LogP contribution is 2.43. The van der Waals surface area contributed by atoms with Crippen molar-refractivity contribution in [3.63, 3.8) is 0 Å². The summed E-state index contributed by atoms with van der Waals surface area (Å²) < 4.78 is 0. The summed E-state index contributed by atoms with van der Waals surface area (Å²) >= 11 is 6.32. The Kier molecular flexibility index (Phi) is 4.23. The Morgan fingerprint density at radius 1 is 1.33 bits per heavy atom. The van der Waals surface area contributed by atoms with Gasteiger partial charge in [-0.25, -0.2) is 0 Å². The van der Waals surface area contributed by atoms with E-state index in [0.29, 0.717) is 10.9 Å². The predicted octanol–water partition coefficient (Wildman–Crippen LogP) is 4.40. The molecule has 114 valence electrons. The van der Waals surface area contributed by atoms with Crippen LogP contribution in [-0.4, -0.2) is 11.0 Å². The smallest absolute Gasteiger partial charge is 0.232 e. The van der Waals surface area contributed by atoms with Crippen LogP contribution in [0.3, 0.4) is 0 Å². The molecule has 2 unspecified atom stereocenters. The van der Waals surface area contributed by atoms with Crippen molar-refractivity contribution in [3.8, 4) is 0 Å². The Morgan fingerprint density at radius 2 is 2.05 bits per heavy atom. The predicted molar refractivity (Wildman–Crippen MR) is 84.6 cm³/mol. The molecule has 3 nitrogen and oxygen atoms in total. The number of hydrogen-bond acceptors (Lipinski definition) is 2. The van der Waals surface area contributed by atoms with Crippen molar-refractivity contribution < 1.29 is 9.90 Å². The Labute approximate surface area is 130 Å². The second kappa shape index (κ2) is 5.98. The molecular formula is C17H22ClNO2. The number of aliphatic hydroxyl groups is 1. The van der Waals surface area contributed by atoms with E-state index in [9.17, 15) is 9.90 Å². The van der Waals surface area contributed by atoms with E-state index in [2.05, 4.69) is 5.32 Å². The minimum Gasteiger partial charge on any atom is -0.388 e. The summed E-state index contributed by atoms with van der Waals surface area (Å²) in [6.07, 6.45) is 6.08. The van der Waals surface area contributed by atoms with Gasteiger partial charge in [-0.05, 0) is 42.4 Å². The quantitative estimate of drug-likeness (QED) is 0.869. The van der Waals surface area contributed by atoms with Crippen molar-refractivity contribution >= 4 is 23.2 Å². The van der Waals surface area contributed by atoms with Crippen LogP contribution < -0.4 is 5.32 Å². The number of carbonyl (C=O) groups excluding carboxylic acids is 1. The first-order valence-corrected chi connectivity index (χ1v) is 8.32. The number of anilines is 1. The van der Waals surface area contributed by atoms with E-state index in [1.165, 1.54) is 19.3 Å². The molecule has 1 amide bonds. The van der Waals surface area contributed by atoms with Crippen molar-refractivity contribution in [1.82, 2.24) is 0 Å². The van der Waals surface area contributed by atoms with Crippen LogP contribution in [0.1, 0.15) is 68.6 Å². The normalized spacial score (nSPS) is 23.8. The first-order valence-electron chi connectivity index (χ1n) is 7.94. The van der Waals surface area contributed by atoms with Gasteiger partial charge in [0.1, 0.15) is 0 Å². The number of fused-ring (bicyclic) bond motifs is 1. The molecule has 0 spiro atoms. The third kappa shape index (κ3) is 2.69. The highest BCUT2D eigenvalue weighted by Gasteiger charge is 2.33. The number of carbonyl (C=O) groups is 1. The summed E-state index contributed by atoms with van der Waals surface area (Å²) in [4.78, 5) is 12.0. The van der Waals surface area contributed by atoms with Crippen LogP contribution in [0.25, 0.3) is 0 Å². The number of benzene rings is 1. The van der Waals surface area contributed by atoms with Gasteiger partial charge >= 0.3 is 0 Å². The number of hydrogen-bond donors (Lipinski definition) is 2. The minimum atomic E-state index is -0.471. The molecule has 0 bridgehead atoms. The van der Waals surface area contributed by atoms with Crippen LogP contribution in [-0.2, 0) is 4.79 Å². The SMILES string of the molecule is CCC1C(=O)Nc2c(Cl)cc(C(O)C3CCCCC3)cc21. The zero-order chi connectivity index (χ0) is 15.0. The molecule has 1 aromatic carbocycles. The lowest BCUT2D eigenvalue weighted by atomic mass is 9.82. The Morgan fingerprint density at radius 3 is 2.71 bits per heavy atom. The number of halogens is 1. The molecule has 1 heterocycles. The second-order valence-electron chi connectivity index (χ2n) is 6.26. The molecular weight excluding hydrogens is 286 g/mol. The molecule has 0 saturated heterocycles. The maximum Gasteiger partial charge on any atom is 0.232 e. The highest BCUT2D eigenvalue weighted by atomic mass is 35.5. The van der Waals surface area contributed by atoms with E-state index < -0.39 is 6.10 Å². The van der Waals surface area contributed by atoms with Gasteiger partial charge in [-0.3, -0.25) is 4.79 Å². The lowest BCUT2D eigenvalue weighted by Gasteiger charge is -2.27. The van der Waals surface area contributed by atoms with Gasteiger partial charge in [-0.15, -0.1) is 0 Å². The highest BCUT2D eigenvalue weighted by molar-refractivity contribution is 6.34. The molecule has 1 fully saturated rings. The molecule has 3 rings (SSSR count). The third-order valence-electron chi connectivity index (χ3n) is 4.93. The molecule has 1 aromatic rings. The minimum absolute atomic E-state index is 0.0127. The van der Waals surface area contributed by atoms with E-state index in [1.807, 2.05) is 19.1 Å². The van der Waals surface area contributed by atoms with Crippen molar-refractivity contribution in [2.24, 2.45) is 5.92 Å². The largest absolute Gasteiger partial charge is 0.388 e. The lowest BCUT2D eigenvalue weighted by Crippen LogP contribution is -2.16. The molecule has 1 aliphatic heterocycles. The summed E-state index contributed by atoms with van der Waals surface area (Å²) in [5.41, 5.74) is 2.54. The lowest BCUT2D eigenvalue weighted by molar-refractivity contribution is -0.117. The number of rotatable bonds is 3. The molecule has 0 aromatic heterocycles. The molecule has 1 saturated carbocycles.